The lowest BCUT2D eigenvalue weighted by Crippen LogP contribution is -2.13. The minimum Gasteiger partial charge on any atom is -0.373 e. The van der Waals surface area contributed by atoms with Crippen LogP contribution in [-0.2, 0) is 6.42 Å². The van der Waals surface area contributed by atoms with Crippen molar-refractivity contribution in [1.82, 2.24) is 4.98 Å². The smallest absolute Gasteiger partial charge is 0.255 e. The van der Waals surface area contributed by atoms with Crippen molar-refractivity contribution in [3.63, 3.8) is 0 Å². The molecule has 0 aliphatic heterocycles. The van der Waals surface area contributed by atoms with Crippen LogP contribution in [0.5, 0.6) is 0 Å². The van der Waals surface area contributed by atoms with E-state index < -0.39 is 0 Å². The highest BCUT2D eigenvalue weighted by atomic mass is 16.1. The molecule has 2 aromatic rings. The topological polar surface area (TPSA) is 54.0 Å². The molecule has 1 aromatic carbocycles. The van der Waals surface area contributed by atoms with E-state index in [0.29, 0.717) is 11.4 Å². The van der Waals surface area contributed by atoms with Crippen LogP contribution in [0.3, 0.4) is 0 Å². The second kappa shape index (κ2) is 6.19. The SMILES string of the molecule is CCc1cc(C(=O)Nc2ccc(C)cc2)cc(NC)n1. The summed E-state index contributed by atoms with van der Waals surface area (Å²) >= 11 is 0. The van der Waals surface area contributed by atoms with Crippen LogP contribution in [0.15, 0.2) is 36.4 Å². The van der Waals surface area contributed by atoms with Gasteiger partial charge in [0.1, 0.15) is 5.82 Å². The van der Waals surface area contributed by atoms with E-state index in [9.17, 15) is 4.79 Å². The first kappa shape index (κ1) is 14.1. The van der Waals surface area contributed by atoms with Crippen molar-refractivity contribution in [3.05, 3.63) is 53.2 Å². The van der Waals surface area contributed by atoms with E-state index in [0.717, 1.165) is 23.4 Å². The molecule has 0 bridgehead atoms. The van der Waals surface area contributed by atoms with Crippen LogP contribution in [0, 0.1) is 6.92 Å². The first-order chi connectivity index (χ1) is 9.62. The molecule has 0 radical (unpaired) electrons. The Hall–Kier alpha value is -2.36. The lowest BCUT2D eigenvalue weighted by atomic mass is 10.1. The molecule has 0 aliphatic rings. The van der Waals surface area contributed by atoms with Crippen molar-refractivity contribution in [2.24, 2.45) is 0 Å². The minimum atomic E-state index is -0.123. The average Bonchev–Trinajstić information content (AvgIpc) is 2.48. The molecule has 1 aromatic heterocycles. The van der Waals surface area contributed by atoms with E-state index in [4.69, 9.17) is 0 Å². The van der Waals surface area contributed by atoms with Gasteiger partial charge in [-0.25, -0.2) is 4.98 Å². The fourth-order valence-corrected chi connectivity index (χ4v) is 1.87. The minimum absolute atomic E-state index is 0.123. The third kappa shape index (κ3) is 3.35. The number of nitrogens with zero attached hydrogens (tertiary/aromatic N) is 1. The standard InChI is InChI=1S/C16H19N3O/c1-4-13-9-12(10-15(17-3)18-13)16(20)19-14-7-5-11(2)6-8-14/h5-10H,4H2,1-3H3,(H,17,18)(H,19,20). The van der Waals surface area contributed by atoms with Gasteiger partial charge in [-0.3, -0.25) is 4.79 Å². The van der Waals surface area contributed by atoms with Crippen molar-refractivity contribution in [2.45, 2.75) is 20.3 Å². The van der Waals surface area contributed by atoms with Crippen LogP contribution in [0.4, 0.5) is 11.5 Å². The third-order valence-corrected chi connectivity index (χ3v) is 3.07. The highest BCUT2D eigenvalue weighted by Crippen LogP contribution is 2.14. The monoisotopic (exact) mass is 269 g/mol. The Kier molecular flexibility index (Phi) is 4.35. The van der Waals surface area contributed by atoms with Crippen LogP contribution in [0.2, 0.25) is 0 Å². The molecule has 4 heteroatoms. The van der Waals surface area contributed by atoms with Crippen molar-refractivity contribution in [3.8, 4) is 0 Å². The number of amides is 1. The zero-order chi connectivity index (χ0) is 14.5. The molecular formula is C16H19N3O. The number of benzene rings is 1. The molecule has 0 aliphatic carbocycles. The van der Waals surface area contributed by atoms with Crippen molar-refractivity contribution in [2.75, 3.05) is 17.7 Å². The van der Waals surface area contributed by atoms with Crippen LogP contribution >= 0.6 is 0 Å². The number of nitrogens with one attached hydrogen (secondary N) is 2. The molecule has 0 saturated carbocycles. The normalized spacial score (nSPS) is 10.2. The van der Waals surface area contributed by atoms with Gasteiger partial charge in [0.25, 0.3) is 5.91 Å². The number of carbonyl (C=O) groups excluding carboxylic acids is 1. The number of pyridine rings is 1. The average molecular weight is 269 g/mol. The number of aromatic nitrogens is 1. The molecule has 20 heavy (non-hydrogen) atoms. The molecule has 0 saturated heterocycles. The van der Waals surface area contributed by atoms with Gasteiger partial charge in [-0.05, 0) is 37.6 Å². The highest BCUT2D eigenvalue weighted by molar-refractivity contribution is 6.04. The molecule has 1 amide bonds. The maximum absolute atomic E-state index is 12.3. The van der Waals surface area contributed by atoms with Crippen LogP contribution in [-0.4, -0.2) is 17.9 Å². The predicted molar refractivity (Wildman–Crippen MR) is 82.3 cm³/mol. The van der Waals surface area contributed by atoms with Gasteiger partial charge in [-0.2, -0.15) is 0 Å². The molecular weight excluding hydrogens is 250 g/mol. The van der Waals surface area contributed by atoms with Crippen molar-refractivity contribution < 1.29 is 4.79 Å². The van der Waals surface area contributed by atoms with E-state index in [2.05, 4.69) is 15.6 Å². The summed E-state index contributed by atoms with van der Waals surface area (Å²) in [7, 11) is 1.80. The van der Waals surface area contributed by atoms with Crippen LogP contribution in [0.25, 0.3) is 0 Å². The van der Waals surface area contributed by atoms with E-state index in [1.54, 1.807) is 13.1 Å². The van der Waals surface area contributed by atoms with Crippen molar-refractivity contribution >= 4 is 17.4 Å². The third-order valence-electron chi connectivity index (χ3n) is 3.07. The molecule has 104 valence electrons. The number of carbonyl (C=O) groups is 1. The second-order valence-corrected chi connectivity index (χ2v) is 4.66. The molecule has 0 spiro atoms. The number of hydrogen-bond acceptors (Lipinski definition) is 3. The maximum Gasteiger partial charge on any atom is 0.255 e. The molecule has 0 fully saturated rings. The van der Waals surface area contributed by atoms with Gasteiger partial charge in [-0.1, -0.05) is 24.6 Å². The van der Waals surface area contributed by atoms with E-state index in [-0.39, 0.29) is 5.91 Å². The number of anilines is 2. The number of aryl methyl sites for hydroxylation is 2. The van der Waals surface area contributed by atoms with Crippen LogP contribution in [0.1, 0.15) is 28.5 Å². The molecule has 1 heterocycles. The summed E-state index contributed by atoms with van der Waals surface area (Å²) < 4.78 is 0. The predicted octanol–water partition coefficient (Wildman–Crippen LogP) is 3.25. The summed E-state index contributed by atoms with van der Waals surface area (Å²) in [5, 5.41) is 5.87. The van der Waals surface area contributed by atoms with E-state index >= 15 is 0 Å². The Labute approximate surface area is 119 Å². The summed E-state index contributed by atoms with van der Waals surface area (Å²) in [4.78, 5) is 16.6. The Bertz CT molecular complexity index is 583. The Morgan fingerprint density at radius 2 is 1.90 bits per heavy atom. The zero-order valence-corrected chi connectivity index (χ0v) is 12.0. The van der Waals surface area contributed by atoms with Crippen LogP contribution < -0.4 is 10.6 Å². The molecule has 4 nitrogen and oxygen atoms in total. The fraction of sp³-hybridized carbons (Fsp3) is 0.250. The summed E-state index contributed by atoms with van der Waals surface area (Å²) in [6, 6.07) is 11.3. The number of rotatable bonds is 4. The summed E-state index contributed by atoms with van der Waals surface area (Å²) in [6.07, 6.45) is 0.792. The van der Waals surface area contributed by atoms with Gasteiger partial charge in [0, 0.05) is 24.0 Å². The van der Waals surface area contributed by atoms with E-state index in [1.807, 2.05) is 44.2 Å². The molecule has 0 unspecified atom stereocenters. The molecule has 0 atom stereocenters. The number of hydrogen-bond donors (Lipinski definition) is 2. The lowest BCUT2D eigenvalue weighted by Gasteiger charge is -2.09. The quantitative estimate of drug-likeness (QED) is 0.895. The van der Waals surface area contributed by atoms with Gasteiger partial charge < -0.3 is 10.6 Å². The zero-order valence-electron chi connectivity index (χ0n) is 12.0. The largest absolute Gasteiger partial charge is 0.373 e. The first-order valence-corrected chi connectivity index (χ1v) is 6.69. The Morgan fingerprint density at radius 3 is 2.50 bits per heavy atom. The molecule has 2 rings (SSSR count). The van der Waals surface area contributed by atoms with Crippen molar-refractivity contribution in [1.29, 1.82) is 0 Å². The van der Waals surface area contributed by atoms with Gasteiger partial charge in [0.15, 0.2) is 0 Å². The summed E-state index contributed by atoms with van der Waals surface area (Å²) in [5.74, 6) is 0.584. The van der Waals surface area contributed by atoms with Gasteiger partial charge in [-0.15, -0.1) is 0 Å². The van der Waals surface area contributed by atoms with E-state index in [1.165, 1.54) is 0 Å². The Balaban J connectivity index is 2.22. The fourth-order valence-electron chi connectivity index (χ4n) is 1.87. The lowest BCUT2D eigenvalue weighted by molar-refractivity contribution is 0.102. The van der Waals surface area contributed by atoms with Gasteiger partial charge in [0.2, 0.25) is 0 Å². The molecule has 2 N–H and O–H groups in total. The maximum atomic E-state index is 12.3. The Morgan fingerprint density at radius 1 is 1.20 bits per heavy atom. The second-order valence-electron chi connectivity index (χ2n) is 4.66. The first-order valence-electron chi connectivity index (χ1n) is 6.69. The summed E-state index contributed by atoms with van der Waals surface area (Å²) in [6.45, 7) is 4.03. The summed E-state index contributed by atoms with van der Waals surface area (Å²) in [5.41, 5.74) is 3.46. The highest BCUT2D eigenvalue weighted by Gasteiger charge is 2.09. The van der Waals surface area contributed by atoms with Gasteiger partial charge >= 0.3 is 0 Å². The van der Waals surface area contributed by atoms with Gasteiger partial charge in [0.05, 0.1) is 0 Å².